The Labute approximate surface area is 141 Å². The topological polar surface area (TPSA) is 118 Å². The Morgan fingerprint density at radius 3 is 2.00 bits per heavy atom. The Hall–Kier alpha value is -2.06. The van der Waals surface area contributed by atoms with Crippen molar-refractivity contribution < 1.29 is 25.6 Å². The summed E-state index contributed by atoms with van der Waals surface area (Å²) < 4.78 is 68.0. The molecule has 0 unspecified atom stereocenters. The van der Waals surface area contributed by atoms with Gasteiger partial charge < -0.3 is 0 Å². The summed E-state index contributed by atoms with van der Waals surface area (Å²) in [5, 5.41) is 13.1. The number of nitrogens with two attached hydrogens (primary N) is 1. The van der Waals surface area contributed by atoms with Gasteiger partial charge in [-0.1, -0.05) is 12.1 Å². The average Bonchev–Trinajstić information content (AvgIpc) is 2.46. The molecule has 128 valence electrons. The molecule has 0 saturated heterocycles. The summed E-state index contributed by atoms with van der Waals surface area (Å²) in [4.78, 5) is -0.757. The summed E-state index contributed by atoms with van der Waals surface area (Å²) in [6.07, 6.45) is 0. The van der Waals surface area contributed by atoms with Gasteiger partial charge in [-0.15, -0.1) is 0 Å². The van der Waals surface area contributed by atoms with Crippen LogP contribution >= 0.6 is 10.7 Å². The highest BCUT2D eigenvalue weighted by molar-refractivity contribution is 8.13. The van der Waals surface area contributed by atoms with Crippen molar-refractivity contribution in [3.8, 4) is 6.07 Å². The maximum atomic E-state index is 12.7. The summed E-state index contributed by atoms with van der Waals surface area (Å²) in [6, 6.07) is 9.23. The molecule has 0 radical (unpaired) electrons. The summed E-state index contributed by atoms with van der Waals surface area (Å²) >= 11 is 0. The number of benzene rings is 2. The minimum atomic E-state index is -3.91. The summed E-state index contributed by atoms with van der Waals surface area (Å²) in [7, 11) is -2.83. The van der Waals surface area contributed by atoms with Gasteiger partial charge in [-0.25, -0.2) is 30.8 Å². The normalized spacial score (nSPS) is 11.1. The van der Waals surface area contributed by atoms with Gasteiger partial charge in [0.2, 0.25) is 10.0 Å². The lowest BCUT2D eigenvalue weighted by atomic mass is 10.2. The second kappa shape index (κ2) is 7.67. The highest BCUT2D eigenvalue weighted by Crippen LogP contribution is 2.17. The molecule has 0 saturated carbocycles. The van der Waals surface area contributed by atoms with Crippen LogP contribution in [-0.2, 0) is 19.1 Å². The Morgan fingerprint density at radius 1 is 1.00 bits per heavy atom. The fourth-order valence-electron chi connectivity index (χ4n) is 1.42. The number of nitriles is 1. The van der Waals surface area contributed by atoms with Crippen LogP contribution in [0.4, 0.5) is 8.78 Å². The maximum absolute atomic E-state index is 12.7. The van der Waals surface area contributed by atoms with Crippen LogP contribution in [0.15, 0.2) is 52.3 Å². The minimum absolute atomic E-state index is 0.285. The number of hydrogen-bond donors (Lipinski definition) is 1. The molecule has 24 heavy (non-hydrogen) atoms. The predicted octanol–water partition coefficient (Wildman–Crippen LogP) is 2.10. The fourth-order valence-corrected chi connectivity index (χ4v) is 2.80. The van der Waals surface area contributed by atoms with Gasteiger partial charge in [0.1, 0.15) is 22.6 Å². The molecule has 2 aromatic carbocycles. The minimum Gasteiger partial charge on any atom is -0.225 e. The first-order valence-electron chi connectivity index (χ1n) is 5.88. The Morgan fingerprint density at radius 2 is 1.58 bits per heavy atom. The van der Waals surface area contributed by atoms with E-state index in [1.54, 1.807) is 0 Å². The lowest BCUT2D eigenvalue weighted by molar-refractivity contribution is 0.568. The van der Waals surface area contributed by atoms with Crippen molar-refractivity contribution in [2.75, 3.05) is 0 Å². The average molecular weight is 395 g/mol. The Kier molecular flexibility index (Phi) is 6.39. The third-order valence-corrected chi connectivity index (χ3v) is 4.78. The van der Waals surface area contributed by atoms with Crippen molar-refractivity contribution in [2.45, 2.75) is 9.79 Å². The molecule has 0 spiro atoms. The summed E-state index contributed by atoms with van der Waals surface area (Å²) in [6.45, 7) is 0. The molecule has 0 aliphatic heterocycles. The number of rotatable bonds is 2. The SMILES string of the molecule is N#Cc1cc(S(=O)(=O)Cl)ccc1F.NS(=O)(=O)c1ccccc1F. The van der Waals surface area contributed by atoms with E-state index in [4.69, 9.17) is 15.9 Å². The molecule has 2 aromatic rings. The van der Waals surface area contributed by atoms with E-state index in [-0.39, 0.29) is 10.5 Å². The lowest BCUT2D eigenvalue weighted by Crippen LogP contribution is -2.13. The molecular formula is C13H9ClF2N2O4S2. The van der Waals surface area contributed by atoms with Gasteiger partial charge in [0.15, 0.2) is 0 Å². The molecule has 0 aromatic heterocycles. The van der Waals surface area contributed by atoms with E-state index >= 15 is 0 Å². The monoisotopic (exact) mass is 394 g/mol. The van der Waals surface area contributed by atoms with Crippen molar-refractivity contribution >= 4 is 29.8 Å². The largest absolute Gasteiger partial charge is 0.261 e. The number of halogens is 3. The van der Waals surface area contributed by atoms with Gasteiger partial charge in [-0.3, -0.25) is 0 Å². The third kappa shape index (κ3) is 5.54. The van der Waals surface area contributed by atoms with E-state index in [0.29, 0.717) is 0 Å². The molecule has 0 aliphatic rings. The molecule has 0 amide bonds. The van der Waals surface area contributed by atoms with Gasteiger partial charge >= 0.3 is 0 Å². The van der Waals surface area contributed by atoms with Crippen molar-refractivity contribution in [1.29, 1.82) is 5.26 Å². The second-order valence-electron chi connectivity index (χ2n) is 4.17. The lowest BCUT2D eigenvalue weighted by Gasteiger charge is -1.97. The van der Waals surface area contributed by atoms with E-state index in [2.05, 4.69) is 5.14 Å². The van der Waals surface area contributed by atoms with E-state index in [0.717, 1.165) is 30.3 Å². The summed E-state index contributed by atoms with van der Waals surface area (Å²) in [5.74, 6) is -1.60. The van der Waals surface area contributed by atoms with Crippen LogP contribution in [0.2, 0.25) is 0 Å². The van der Waals surface area contributed by atoms with Crippen LogP contribution in [0.3, 0.4) is 0 Å². The van der Waals surface area contributed by atoms with Crippen LogP contribution in [0.25, 0.3) is 0 Å². The van der Waals surface area contributed by atoms with Gasteiger partial charge in [-0.2, -0.15) is 5.26 Å². The first kappa shape index (κ1) is 20.0. The van der Waals surface area contributed by atoms with Crippen molar-refractivity contribution in [2.24, 2.45) is 5.14 Å². The van der Waals surface area contributed by atoms with Crippen LogP contribution in [-0.4, -0.2) is 16.8 Å². The number of sulfonamides is 1. The smallest absolute Gasteiger partial charge is 0.225 e. The van der Waals surface area contributed by atoms with Crippen molar-refractivity contribution in [3.63, 3.8) is 0 Å². The molecule has 2 N–H and O–H groups in total. The molecular weight excluding hydrogens is 386 g/mol. The zero-order valence-corrected chi connectivity index (χ0v) is 14.0. The van der Waals surface area contributed by atoms with E-state index in [1.165, 1.54) is 18.2 Å². The van der Waals surface area contributed by atoms with Crippen LogP contribution in [0.1, 0.15) is 5.56 Å². The third-order valence-electron chi connectivity index (χ3n) is 2.48. The van der Waals surface area contributed by atoms with Crippen molar-refractivity contribution in [1.82, 2.24) is 0 Å². The van der Waals surface area contributed by atoms with E-state index in [1.807, 2.05) is 0 Å². The molecule has 0 aliphatic carbocycles. The zero-order valence-electron chi connectivity index (χ0n) is 11.6. The quantitative estimate of drug-likeness (QED) is 0.782. The predicted molar refractivity (Wildman–Crippen MR) is 81.9 cm³/mol. The molecule has 11 heteroatoms. The molecule has 6 nitrogen and oxygen atoms in total. The van der Waals surface area contributed by atoms with Gasteiger partial charge in [0.25, 0.3) is 9.05 Å². The first-order chi connectivity index (χ1) is 11.0. The highest BCUT2D eigenvalue weighted by Gasteiger charge is 2.13. The molecule has 0 atom stereocenters. The van der Waals surface area contributed by atoms with Gasteiger partial charge in [0, 0.05) is 10.7 Å². The number of hydrogen-bond acceptors (Lipinski definition) is 5. The standard InChI is InChI=1S/C7H3ClFNO2S.C6H6FNO2S/c8-13(11,12)6-1-2-7(9)5(3-6)4-10;7-5-3-1-2-4-6(5)11(8,9)10/h1-3H;1-4H,(H2,8,9,10). The second-order valence-corrected chi connectivity index (χ2v) is 8.26. The van der Waals surface area contributed by atoms with E-state index in [9.17, 15) is 25.6 Å². The number of primary sulfonamides is 1. The fraction of sp³-hybridized carbons (Fsp3) is 0. The Balaban J connectivity index is 0.000000243. The van der Waals surface area contributed by atoms with Gasteiger partial charge in [0.05, 0.1) is 10.5 Å². The zero-order chi connectivity index (χ0) is 18.5. The molecule has 0 fully saturated rings. The van der Waals surface area contributed by atoms with Crippen LogP contribution in [0, 0.1) is 23.0 Å². The molecule has 0 heterocycles. The van der Waals surface area contributed by atoms with E-state index < -0.39 is 35.6 Å². The molecule has 0 bridgehead atoms. The first-order valence-corrected chi connectivity index (χ1v) is 9.74. The highest BCUT2D eigenvalue weighted by atomic mass is 35.7. The van der Waals surface area contributed by atoms with Gasteiger partial charge in [-0.05, 0) is 30.3 Å². The number of nitrogens with zero attached hydrogens (tertiary/aromatic N) is 1. The van der Waals surface area contributed by atoms with Crippen LogP contribution in [0.5, 0.6) is 0 Å². The Bertz CT molecular complexity index is 1000. The van der Waals surface area contributed by atoms with Crippen LogP contribution < -0.4 is 5.14 Å². The maximum Gasteiger partial charge on any atom is 0.261 e. The van der Waals surface area contributed by atoms with Crippen molar-refractivity contribution in [3.05, 3.63) is 59.7 Å². The molecule has 2 rings (SSSR count). The summed E-state index contributed by atoms with van der Waals surface area (Å²) in [5.41, 5.74) is -0.346.